The topological polar surface area (TPSA) is 55.8 Å². The number of fused-ring (bicyclic) bond motifs is 5. The molecule has 1 atom stereocenters. The van der Waals surface area contributed by atoms with E-state index in [0.717, 1.165) is 23.2 Å². The van der Waals surface area contributed by atoms with Crippen LogP contribution in [0.2, 0.25) is 0 Å². The first-order valence-electron chi connectivity index (χ1n) is 10.3. The van der Waals surface area contributed by atoms with E-state index in [1.807, 2.05) is 53.4 Å². The number of esters is 2. The molecule has 0 unspecified atom stereocenters. The lowest BCUT2D eigenvalue weighted by atomic mass is 9.66. The largest absolute Gasteiger partial charge is 0.465 e. The second kappa shape index (κ2) is 7.30. The Morgan fingerprint density at radius 2 is 1.64 bits per heavy atom. The van der Waals surface area contributed by atoms with E-state index in [2.05, 4.69) is 0 Å². The zero-order chi connectivity index (χ0) is 20.6. The summed E-state index contributed by atoms with van der Waals surface area (Å²) in [5, 5.41) is 0. The van der Waals surface area contributed by atoms with Gasteiger partial charge in [-0.05, 0) is 43.0 Å². The predicted molar refractivity (Wildman–Crippen MR) is 106 cm³/mol. The number of nitrogens with zero attached hydrogens (tertiary/aromatic N) is 1. The number of carbonyl (C=O) groups is 2. The molecule has 0 saturated carbocycles. The lowest BCUT2D eigenvalue weighted by Crippen LogP contribution is -2.58. The first-order valence-corrected chi connectivity index (χ1v) is 9.79. The number of hydrogen-bond donors (Lipinski definition) is 0. The van der Waals surface area contributed by atoms with Gasteiger partial charge in [-0.15, -0.1) is 0 Å². The van der Waals surface area contributed by atoms with Crippen molar-refractivity contribution in [3.05, 3.63) is 65.2 Å². The second-order valence-corrected chi connectivity index (χ2v) is 7.06. The van der Waals surface area contributed by atoms with E-state index < -0.39 is 23.4 Å². The van der Waals surface area contributed by atoms with Crippen LogP contribution in [-0.4, -0.2) is 31.7 Å². The van der Waals surface area contributed by atoms with Gasteiger partial charge in [-0.25, -0.2) is 0 Å². The number of para-hydroxylation sites is 1. The van der Waals surface area contributed by atoms with Gasteiger partial charge in [0.2, 0.25) is 0 Å². The molecule has 5 nitrogen and oxygen atoms in total. The van der Waals surface area contributed by atoms with Crippen molar-refractivity contribution < 1.29 is 20.4 Å². The molecule has 0 aliphatic carbocycles. The van der Waals surface area contributed by atoms with E-state index in [1.54, 1.807) is 13.8 Å². The minimum absolute atomic E-state index is 0.0647. The van der Waals surface area contributed by atoms with Crippen molar-refractivity contribution in [3.8, 4) is 0 Å². The van der Waals surface area contributed by atoms with Crippen molar-refractivity contribution in [2.24, 2.45) is 5.41 Å². The van der Waals surface area contributed by atoms with Crippen molar-refractivity contribution in [2.45, 2.75) is 32.7 Å². The lowest BCUT2D eigenvalue weighted by molar-refractivity contribution is -0.175. The zero-order valence-corrected chi connectivity index (χ0v) is 16.2. The van der Waals surface area contributed by atoms with Gasteiger partial charge in [0.25, 0.3) is 0 Å². The molecule has 0 N–H and O–H groups in total. The quantitative estimate of drug-likeness (QED) is 0.601. The summed E-state index contributed by atoms with van der Waals surface area (Å²) in [6.45, 7) is 4.18. The number of anilines is 1. The zero-order valence-electron chi connectivity index (χ0n) is 17.2. The maximum Gasteiger partial charge on any atom is 0.326 e. The Balaban J connectivity index is 2.05. The summed E-state index contributed by atoms with van der Waals surface area (Å²) in [5.74, 6) is -1.41. The summed E-state index contributed by atoms with van der Waals surface area (Å²) in [4.78, 5) is 28.8. The van der Waals surface area contributed by atoms with Gasteiger partial charge in [0.15, 0.2) is 5.41 Å². The standard InChI is InChI=1S/C23H25NO4/c1-3-27-21(25)23(22(26)28-4-2)15-17-10-6-8-12-19(17)24-14-13-16-9-5-7-11-18(16)20(23)24/h5-12,20H,3-4,13-15H2,1-2H3/t20-/m0/s1/i20D. The lowest BCUT2D eigenvalue weighted by Gasteiger charge is -2.51. The maximum atomic E-state index is 13.4. The monoisotopic (exact) mass is 380 g/mol. The van der Waals surface area contributed by atoms with Crippen LogP contribution in [0.1, 0.15) is 37.9 Å². The van der Waals surface area contributed by atoms with E-state index >= 15 is 0 Å². The van der Waals surface area contributed by atoms with Gasteiger partial charge in [0.1, 0.15) is 0 Å². The molecular formula is C23H25NO4. The summed E-state index contributed by atoms with van der Waals surface area (Å²) in [6.07, 6.45) is 0.794. The summed E-state index contributed by atoms with van der Waals surface area (Å²) < 4.78 is 20.6. The Hall–Kier alpha value is -2.82. The molecule has 0 saturated heterocycles. The van der Waals surface area contributed by atoms with Crippen LogP contribution in [0.25, 0.3) is 0 Å². The molecular weight excluding hydrogens is 354 g/mol. The Morgan fingerprint density at radius 3 is 2.32 bits per heavy atom. The van der Waals surface area contributed by atoms with Crippen LogP contribution in [0, 0.1) is 5.41 Å². The molecule has 0 fully saturated rings. The number of rotatable bonds is 4. The number of carbonyl (C=O) groups excluding carboxylic acids is 2. The number of benzene rings is 2. The molecule has 28 heavy (non-hydrogen) atoms. The van der Waals surface area contributed by atoms with E-state index in [-0.39, 0.29) is 19.6 Å². The van der Waals surface area contributed by atoms with E-state index in [1.165, 1.54) is 0 Å². The van der Waals surface area contributed by atoms with Crippen LogP contribution >= 0.6 is 0 Å². The third-order valence-electron chi connectivity index (χ3n) is 5.54. The Morgan fingerprint density at radius 1 is 1.04 bits per heavy atom. The van der Waals surface area contributed by atoms with Gasteiger partial charge in [0, 0.05) is 18.7 Å². The van der Waals surface area contributed by atoms with Gasteiger partial charge >= 0.3 is 11.9 Å². The fourth-order valence-corrected chi connectivity index (χ4v) is 4.38. The van der Waals surface area contributed by atoms with Crippen LogP contribution in [0.3, 0.4) is 0 Å². The molecule has 5 heteroatoms. The first kappa shape index (κ1) is 17.3. The highest BCUT2D eigenvalue weighted by Gasteiger charge is 2.61. The highest BCUT2D eigenvalue weighted by molar-refractivity contribution is 6.03. The fraction of sp³-hybridized carbons (Fsp3) is 0.391. The van der Waals surface area contributed by atoms with E-state index in [4.69, 9.17) is 9.47 Å². The van der Waals surface area contributed by atoms with E-state index in [9.17, 15) is 11.0 Å². The molecule has 0 radical (unpaired) electrons. The number of hydrogen-bond acceptors (Lipinski definition) is 5. The normalized spacial score (nSPS) is 22.2. The Labute approximate surface area is 166 Å². The van der Waals surface area contributed by atoms with Gasteiger partial charge < -0.3 is 14.4 Å². The maximum absolute atomic E-state index is 13.4. The molecule has 2 aliphatic rings. The van der Waals surface area contributed by atoms with Gasteiger partial charge in [-0.3, -0.25) is 9.59 Å². The van der Waals surface area contributed by atoms with Crippen molar-refractivity contribution in [1.29, 1.82) is 0 Å². The van der Waals surface area contributed by atoms with Crippen molar-refractivity contribution in [1.82, 2.24) is 0 Å². The van der Waals surface area contributed by atoms with Crippen molar-refractivity contribution >= 4 is 17.6 Å². The molecule has 0 amide bonds. The minimum Gasteiger partial charge on any atom is -0.465 e. The second-order valence-electron chi connectivity index (χ2n) is 7.06. The summed E-state index contributed by atoms with van der Waals surface area (Å²) >= 11 is 0. The first-order chi connectivity index (χ1) is 14.0. The highest BCUT2D eigenvalue weighted by atomic mass is 16.6. The van der Waals surface area contributed by atoms with Crippen LogP contribution in [-0.2, 0) is 31.9 Å². The predicted octanol–water partition coefficient (Wildman–Crippen LogP) is 3.46. The summed E-state index contributed by atoms with van der Waals surface area (Å²) in [5.41, 5.74) is 1.53. The minimum atomic E-state index is -1.82. The molecule has 2 aromatic carbocycles. The van der Waals surface area contributed by atoms with Gasteiger partial charge in [-0.2, -0.15) is 0 Å². The molecule has 0 spiro atoms. The fourth-order valence-electron chi connectivity index (χ4n) is 4.38. The third kappa shape index (κ3) is 2.68. The third-order valence-corrected chi connectivity index (χ3v) is 5.54. The molecule has 146 valence electrons. The molecule has 4 rings (SSSR count). The average Bonchev–Trinajstić information content (AvgIpc) is 2.73. The molecule has 2 heterocycles. The summed E-state index contributed by atoms with van der Waals surface area (Å²) in [7, 11) is 0. The smallest absolute Gasteiger partial charge is 0.326 e. The summed E-state index contributed by atoms with van der Waals surface area (Å²) in [6, 6.07) is 13.6. The van der Waals surface area contributed by atoms with Crippen molar-refractivity contribution in [2.75, 3.05) is 24.7 Å². The van der Waals surface area contributed by atoms with Crippen molar-refractivity contribution in [3.63, 3.8) is 0 Å². The van der Waals surface area contributed by atoms with Crippen LogP contribution < -0.4 is 4.90 Å². The molecule has 0 aromatic heterocycles. The Kier molecular flexibility index (Phi) is 4.51. The van der Waals surface area contributed by atoms with Crippen LogP contribution in [0.15, 0.2) is 48.5 Å². The van der Waals surface area contributed by atoms with E-state index in [0.29, 0.717) is 12.1 Å². The highest BCUT2D eigenvalue weighted by Crippen LogP contribution is 2.53. The number of ether oxygens (including phenoxy) is 2. The Bertz CT molecular complexity index is 941. The molecule has 2 aliphatic heterocycles. The van der Waals surface area contributed by atoms with Gasteiger partial charge in [-0.1, -0.05) is 42.5 Å². The molecule has 0 bridgehead atoms. The van der Waals surface area contributed by atoms with Crippen LogP contribution in [0.4, 0.5) is 5.69 Å². The van der Waals surface area contributed by atoms with Gasteiger partial charge in [0.05, 0.1) is 20.6 Å². The van der Waals surface area contributed by atoms with Crippen LogP contribution in [0.5, 0.6) is 0 Å². The SMILES string of the molecule is [2H][C@@]12c3ccccc3CCN1c1ccccc1CC2(C(=O)OCC)C(=O)OCC. The molecule has 2 aromatic rings. The average molecular weight is 380 g/mol.